The predicted octanol–water partition coefficient (Wildman–Crippen LogP) is 2.93. The summed E-state index contributed by atoms with van der Waals surface area (Å²) in [6.45, 7) is 0. The fourth-order valence-electron chi connectivity index (χ4n) is 1.64. The van der Waals surface area contributed by atoms with Crippen LogP contribution in [0.25, 0.3) is 0 Å². The molecule has 0 saturated heterocycles. The molecular weight excluding hydrogens is 198 g/mol. The largest absolute Gasteiger partial charge is 0.259 e. The van der Waals surface area contributed by atoms with Crippen molar-refractivity contribution >= 4 is 28.2 Å². The molecule has 2 aliphatic rings. The Balaban J connectivity index is 2.02. The van der Waals surface area contributed by atoms with E-state index in [9.17, 15) is 0 Å². The van der Waals surface area contributed by atoms with Crippen molar-refractivity contribution in [2.45, 2.75) is 30.1 Å². The lowest BCUT2D eigenvalue weighted by molar-refractivity contribution is 1.01. The molecule has 66 valence electrons. The first-order valence-corrected chi connectivity index (χ1v) is 5.75. The van der Waals surface area contributed by atoms with Gasteiger partial charge in [0.05, 0.1) is 9.89 Å². The van der Waals surface area contributed by atoms with Gasteiger partial charge >= 0.3 is 0 Å². The number of fused-ring (bicyclic) bond motifs is 1. The van der Waals surface area contributed by atoms with Gasteiger partial charge in [-0.3, -0.25) is 4.98 Å². The van der Waals surface area contributed by atoms with E-state index in [0.29, 0.717) is 0 Å². The van der Waals surface area contributed by atoms with Crippen LogP contribution < -0.4 is 0 Å². The van der Waals surface area contributed by atoms with Crippen molar-refractivity contribution in [1.29, 1.82) is 0 Å². The van der Waals surface area contributed by atoms with E-state index in [1.54, 1.807) is 11.8 Å². The van der Waals surface area contributed by atoms with Crippen LogP contribution in [0.1, 0.15) is 30.0 Å². The standard InChI is InChI=1S/C10H9NS2/c12-10-4-8-9(13-10)3-7(5-11-8)6-1-2-6/h3,5-6H,1-2,4H2. The van der Waals surface area contributed by atoms with Gasteiger partial charge in [-0.05, 0) is 30.4 Å². The molecule has 0 N–H and O–H groups in total. The lowest BCUT2D eigenvalue weighted by Crippen LogP contribution is -1.90. The van der Waals surface area contributed by atoms with Crippen molar-refractivity contribution in [1.82, 2.24) is 4.98 Å². The van der Waals surface area contributed by atoms with Crippen molar-refractivity contribution in [3.05, 3.63) is 23.5 Å². The Morgan fingerprint density at radius 3 is 3.08 bits per heavy atom. The summed E-state index contributed by atoms with van der Waals surface area (Å²) in [6.07, 6.45) is 5.61. The van der Waals surface area contributed by atoms with Crippen LogP contribution in [0.3, 0.4) is 0 Å². The topological polar surface area (TPSA) is 12.9 Å². The van der Waals surface area contributed by atoms with E-state index in [1.165, 1.54) is 29.0 Å². The van der Waals surface area contributed by atoms with Crippen LogP contribution in [-0.2, 0) is 6.42 Å². The number of aromatic nitrogens is 1. The van der Waals surface area contributed by atoms with Crippen LogP contribution >= 0.6 is 24.0 Å². The Morgan fingerprint density at radius 1 is 1.46 bits per heavy atom. The van der Waals surface area contributed by atoms with Gasteiger partial charge in [-0.15, -0.1) is 0 Å². The van der Waals surface area contributed by atoms with Crippen LogP contribution in [0.2, 0.25) is 0 Å². The van der Waals surface area contributed by atoms with Crippen LogP contribution in [0.4, 0.5) is 0 Å². The van der Waals surface area contributed by atoms with E-state index in [1.807, 2.05) is 6.20 Å². The smallest absolute Gasteiger partial charge is 0.0601 e. The molecule has 1 aliphatic carbocycles. The average Bonchev–Trinajstić information content (AvgIpc) is 2.87. The average molecular weight is 207 g/mol. The Morgan fingerprint density at radius 2 is 2.31 bits per heavy atom. The third-order valence-electron chi connectivity index (χ3n) is 2.54. The van der Waals surface area contributed by atoms with Gasteiger partial charge in [-0.25, -0.2) is 0 Å². The number of thiocarbonyl (C=S) groups is 1. The molecule has 0 amide bonds. The predicted molar refractivity (Wildman–Crippen MR) is 58.4 cm³/mol. The van der Waals surface area contributed by atoms with Gasteiger partial charge in [0, 0.05) is 17.5 Å². The zero-order chi connectivity index (χ0) is 8.84. The minimum atomic E-state index is 0.799. The van der Waals surface area contributed by atoms with Crippen LogP contribution in [0.5, 0.6) is 0 Å². The van der Waals surface area contributed by atoms with E-state index >= 15 is 0 Å². The summed E-state index contributed by atoms with van der Waals surface area (Å²) in [5.41, 5.74) is 2.59. The second-order valence-corrected chi connectivity index (χ2v) is 5.53. The van der Waals surface area contributed by atoms with Gasteiger partial charge < -0.3 is 0 Å². The van der Waals surface area contributed by atoms with Crippen LogP contribution in [0, 0.1) is 0 Å². The second-order valence-electron chi connectivity index (χ2n) is 3.64. The van der Waals surface area contributed by atoms with Crippen molar-refractivity contribution in [2.75, 3.05) is 0 Å². The van der Waals surface area contributed by atoms with Gasteiger partial charge in [0.15, 0.2) is 0 Å². The summed E-state index contributed by atoms with van der Waals surface area (Å²) < 4.78 is 1.07. The molecule has 3 heteroatoms. The summed E-state index contributed by atoms with van der Waals surface area (Å²) in [6, 6.07) is 2.28. The quantitative estimate of drug-likeness (QED) is 0.657. The third-order valence-corrected chi connectivity index (χ3v) is 3.88. The summed E-state index contributed by atoms with van der Waals surface area (Å²) in [5, 5.41) is 0. The molecule has 2 heterocycles. The minimum absolute atomic E-state index is 0.799. The van der Waals surface area contributed by atoms with Crippen molar-refractivity contribution in [3.63, 3.8) is 0 Å². The maximum atomic E-state index is 5.17. The normalized spacial score (nSPS) is 20.5. The highest BCUT2D eigenvalue weighted by molar-refractivity contribution is 8.23. The van der Waals surface area contributed by atoms with Gasteiger partial charge in [0.2, 0.25) is 0 Å². The first kappa shape index (κ1) is 7.94. The molecule has 1 aromatic heterocycles. The first-order valence-electron chi connectivity index (χ1n) is 4.52. The summed E-state index contributed by atoms with van der Waals surface area (Å²) in [4.78, 5) is 5.76. The maximum Gasteiger partial charge on any atom is 0.0601 e. The highest BCUT2D eigenvalue weighted by Crippen LogP contribution is 2.42. The fraction of sp³-hybridized carbons (Fsp3) is 0.400. The Labute approximate surface area is 86.9 Å². The molecule has 1 aromatic rings. The molecule has 1 fully saturated rings. The maximum absolute atomic E-state index is 5.17. The molecular formula is C10H9NS2. The van der Waals surface area contributed by atoms with E-state index in [-0.39, 0.29) is 0 Å². The zero-order valence-electron chi connectivity index (χ0n) is 7.12. The molecule has 0 atom stereocenters. The summed E-state index contributed by atoms with van der Waals surface area (Å²) in [5.74, 6) is 0.799. The van der Waals surface area contributed by atoms with Gasteiger partial charge in [0.1, 0.15) is 0 Å². The number of hydrogen-bond donors (Lipinski definition) is 0. The summed E-state index contributed by atoms with van der Waals surface area (Å²) >= 11 is 6.89. The SMILES string of the molecule is S=C1Cc2ncc(C3CC3)cc2S1. The highest BCUT2D eigenvalue weighted by Gasteiger charge is 2.26. The van der Waals surface area contributed by atoms with E-state index in [2.05, 4.69) is 11.1 Å². The molecule has 0 bridgehead atoms. The first-order chi connectivity index (χ1) is 6.33. The highest BCUT2D eigenvalue weighted by atomic mass is 32.2. The molecule has 0 spiro atoms. The molecule has 0 unspecified atom stereocenters. The molecule has 1 saturated carbocycles. The van der Waals surface area contributed by atoms with Crippen LogP contribution in [-0.4, -0.2) is 9.18 Å². The Hall–Kier alpha value is -0.410. The summed E-state index contributed by atoms with van der Waals surface area (Å²) in [7, 11) is 0. The number of thioether (sulfide) groups is 1. The number of nitrogens with zero attached hydrogens (tertiary/aromatic N) is 1. The lowest BCUT2D eigenvalue weighted by Gasteiger charge is -2.00. The van der Waals surface area contributed by atoms with Crippen LogP contribution in [0.15, 0.2) is 17.2 Å². The number of hydrogen-bond acceptors (Lipinski definition) is 3. The monoisotopic (exact) mass is 207 g/mol. The third kappa shape index (κ3) is 1.40. The molecule has 1 nitrogen and oxygen atoms in total. The lowest BCUT2D eigenvalue weighted by atomic mass is 10.1. The molecule has 13 heavy (non-hydrogen) atoms. The van der Waals surface area contributed by atoms with Crippen molar-refractivity contribution in [3.8, 4) is 0 Å². The molecule has 1 aliphatic heterocycles. The Bertz CT molecular complexity index is 383. The van der Waals surface area contributed by atoms with Crippen molar-refractivity contribution < 1.29 is 0 Å². The van der Waals surface area contributed by atoms with Gasteiger partial charge in [-0.2, -0.15) is 0 Å². The van der Waals surface area contributed by atoms with Gasteiger partial charge in [0.25, 0.3) is 0 Å². The van der Waals surface area contributed by atoms with E-state index in [4.69, 9.17) is 12.2 Å². The van der Waals surface area contributed by atoms with E-state index in [0.717, 1.165) is 16.5 Å². The van der Waals surface area contributed by atoms with E-state index < -0.39 is 0 Å². The molecule has 0 aromatic carbocycles. The van der Waals surface area contributed by atoms with Gasteiger partial charge in [-0.1, -0.05) is 24.0 Å². The zero-order valence-corrected chi connectivity index (χ0v) is 8.75. The number of pyridine rings is 1. The molecule has 3 rings (SSSR count). The second kappa shape index (κ2) is 2.79. The number of rotatable bonds is 1. The van der Waals surface area contributed by atoms with Crippen molar-refractivity contribution in [2.24, 2.45) is 0 Å². The Kier molecular flexibility index (Phi) is 1.70. The molecule has 0 radical (unpaired) electrons. The fourth-order valence-corrected chi connectivity index (χ4v) is 2.94. The minimum Gasteiger partial charge on any atom is -0.259 e.